The number of aliphatic hydroxyl groups is 1. The molecule has 0 spiro atoms. The molecule has 0 unspecified atom stereocenters. The number of hydrogen-bond donors (Lipinski definition) is 1. The van der Waals surface area contributed by atoms with Crippen molar-refractivity contribution < 1.29 is 63.3 Å². The minimum absolute atomic E-state index is 0. The summed E-state index contributed by atoms with van der Waals surface area (Å²) in [5.41, 5.74) is 0. The molecule has 8 heavy (non-hydrogen) atoms. The van der Waals surface area contributed by atoms with Gasteiger partial charge in [0, 0.05) is 0 Å². The fraction of sp³-hybridized carbons (Fsp3) is 0.500. The van der Waals surface area contributed by atoms with Crippen LogP contribution in [0.2, 0.25) is 0 Å². The van der Waals surface area contributed by atoms with Crippen molar-refractivity contribution in [2.75, 3.05) is 0 Å². The van der Waals surface area contributed by atoms with Crippen molar-refractivity contribution in [3.05, 3.63) is 18.3 Å². The smallest absolute Gasteiger partial charge is 0.455 e. The van der Waals surface area contributed by atoms with Crippen LogP contribution in [0.1, 0.15) is 19.3 Å². The Morgan fingerprint density at radius 1 is 1.50 bits per heavy atom. The summed E-state index contributed by atoms with van der Waals surface area (Å²) in [6.07, 6.45) is 7.43. The first-order valence-electron chi connectivity index (χ1n) is 2.61. The van der Waals surface area contributed by atoms with Gasteiger partial charge in [-0.2, -0.15) is 0 Å². The summed E-state index contributed by atoms with van der Waals surface area (Å²) in [5.74, 6) is 0. The molecule has 0 amide bonds. The molecule has 40 valence electrons. The van der Waals surface area contributed by atoms with Gasteiger partial charge in [0.25, 0.3) is 0 Å². The zero-order valence-corrected chi connectivity index (χ0v) is 10.1. The van der Waals surface area contributed by atoms with E-state index in [9.17, 15) is 0 Å². The maximum Gasteiger partial charge on any atom is 1.00 e. The van der Waals surface area contributed by atoms with Crippen molar-refractivity contribution in [3.8, 4) is 0 Å². The summed E-state index contributed by atoms with van der Waals surface area (Å²) >= 11 is 0. The molecule has 0 aliphatic heterocycles. The molecule has 1 nitrogen and oxygen atoms in total. The van der Waals surface area contributed by atoms with Crippen LogP contribution >= 0.6 is 0 Å². The molecule has 0 heterocycles. The maximum absolute atomic E-state index is 8.74. The van der Waals surface area contributed by atoms with E-state index in [4.69, 9.17) is 5.11 Å². The Labute approximate surface area is 99.0 Å². The summed E-state index contributed by atoms with van der Waals surface area (Å²) in [4.78, 5) is 0. The van der Waals surface area contributed by atoms with E-state index in [1.807, 2.05) is 6.08 Å². The normalized spacial score (nSPS) is 17.9. The predicted molar refractivity (Wildman–Crippen MR) is 28.2 cm³/mol. The Morgan fingerprint density at radius 3 is 2.50 bits per heavy atom. The fourth-order valence-corrected chi connectivity index (χ4v) is 0.704. The molecule has 0 aromatic heterocycles. The van der Waals surface area contributed by atoms with Crippen LogP contribution < -0.4 is 58.2 Å². The molecule has 0 atom stereocenters. The third kappa shape index (κ3) is 3.41. The monoisotopic (exact) mass is 182 g/mol. The minimum atomic E-state index is 0. The molecule has 0 bridgehead atoms. The van der Waals surface area contributed by atoms with Crippen LogP contribution in [-0.4, -0.2) is 5.11 Å². The Balaban J connectivity index is 0.000000490. The van der Waals surface area contributed by atoms with Gasteiger partial charge in [-0.05, 0) is 0 Å². The molecule has 1 aliphatic rings. The quantitative estimate of drug-likeness (QED) is 0.459. The summed E-state index contributed by atoms with van der Waals surface area (Å²) in [6.45, 7) is 0. The van der Waals surface area contributed by atoms with Gasteiger partial charge in [-0.1, -0.05) is 12.8 Å². The van der Waals surface area contributed by atoms with Gasteiger partial charge < -0.3 is 5.11 Å². The second-order valence-corrected chi connectivity index (χ2v) is 1.79. The largest absolute Gasteiger partial charge is 1.00 e. The third-order valence-corrected chi connectivity index (χ3v) is 1.11. The number of rotatable bonds is 0. The van der Waals surface area contributed by atoms with E-state index in [2.05, 4.69) is 0 Å². The van der Waals surface area contributed by atoms with Gasteiger partial charge in [0.05, 0.1) is 0 Å². The maximum atomic E-state index is 8.74. The van der Waals surface area contributed by atoms with Crippen LogP contribution in [0, 0.1) is 6.10 Å². The van der Waals surface area contributed by atoms with Crippen molar-refractivity contribution in [1.82, 2.24) is 0 Å². The van der Waals surface area contributed by atoms with E-state index >= 15 is 0 Å². The number of aliphatic hydroxyl groups excluding tert-OH is 1. The summed E-state index contributed by atoms with van der Waals surface area (Å²) in [7, 11) is 0. The Kier molecular flexibility index (Phi) is 6.07. The van der Waals surface area contributed by atoms with Gasteiger partial charge in [0.2, 0.25) is 0 Å². The van der Waals surface area contributed by atoms with E-state index in [0.29, 0.717) is 6.10 Å². The summed E-state index contributed by atoms with van der Waals surface area (Å²) in [5, 5.41) is 8.74. The van der Waals surface area contributed by atoms with Crippen molar-refractivity contribution in [2.45, 2.75) is 19.3 Å². The topological polar surface area (TPSA) is 20.2 Å². The summed E-state index contributed by atoms with van der Waals surface area (Å²) in [6, 6.07) is 0. The number of hydrogen-bond acceptors (Lipinski definition) is 1. The van der Waals surface area contributed by atoms with E-state index in [1.54, 1.807) is 6.08 Å². The van der Waals surface area contributed by atoms with E-state index in [1.165, 1.54) is 0 Å². The van der Waals surface area contributed by atoms with Crippen LogP contribution in [0.15, 0.2) is 12.2 Å². The standard InChI is InChI=1S/C6H9O.Rb/c7-6-4-2-1-3-5-6;/h2,4,7H,1,3,5H2;/q-1;+1. The van der Waals surface area contributed by atoms with Gasteiger partial charge in [-0.15, -0.1) is 12.5 Å². The second-order valence-electron chi connectivity index (χ2n) is 1.79. The molecule has 1 aliphatic carbocycles. The first kappa shape index (κ1) is 9.38. The molecule has 0 radical (unpaired) electrons. The van der Waals surface area contributed by atoms with Crippen LogP contribution in [0.25, 0.3) is 0 Å². The zero-order valence-electron chi connectivity index (χ0n) is 5.22. The van der Waals surface area contributed by atoms with Gasteiger partial charge in [0.1, 0.15) is 0 Å². The summed E-state index contributed by atoms with van der Waals surface area (Å²) < 4.78 is 0. The van der Waals surface area contributed by atoms with Crippen LogP contribution in [0.4, 0.5) is 0 Å². The Morgan fingerprint density at radius 2 is 2.25 bits per heavy atom. The van der Waals surface area contributed by atoms with Crippen molar-refractivity contribution in [1.29, 1.82) is 0 Å². The first-order valence-corrected chi connectivity index (χ1v) is 2.61. The Bertz CT molecular complexity index is 80.6. The average Bonchev–Trinajstić information content (AvgIpc) is 1.69. The molecule has 0 aromatic rings. The zero-order chi connectivity index (χ0) is 5.11. The average molecular weight is 183 g/mol. The second kappa shape index (κ2) is 5.18. The minimum Gasteiger partial charge on any atom is -0.455 e. The first-order chi connectivity index (χ1) is 3.39. The van der Waals surface area contributed by atoms with Gasteiger partial charge >= 0.3 is 58.2 Å². The molecule has 2 heteroatoms. The number of allylic oxidation sites excluding steroid dienone is 1. The molecule has 1 rings (SSSR count). The molecule has 0 aromatic carbocycles. The van der Waals surface area contributed by atoms with Crippen LogP contribution in [0.5, 0.6) is 0 Å². The predicted octanol–water partition coefficient (Wildman–Crippen LogP) is -1.37. The molecule has 0 saturated carbocycles. The van der Waals surface area contributed by atoms with E-state index in [0.717, 1.165) is 19.3 Å². The van der Waals surface area contributed by atoms with Crippen molar-refractivity contribution in [3.63, 3.8) is 0 Å². The van der Waals surface area contributed by atoms with Gasteiger partial charge in [-0.25, -0.2) is 12.2 Å². The van der Waals surface area contributed by atoms with E-state index < -0.39 is 0 Å². The molecule has 1 N–H and O–H groups in total. The van der Waals surface area contributed by atoms with Crippen LogP contribution in [-0.2, 0) is 0 Å². The molecule has 0 fully saturated rings. The van der Waals surface area contributed by atoms with Gasteiger partial charge in [-0.3, -0.25) is 0 Å². The Hall–Kier alpha value is 1.38. The van der Waals surface area contributed by atoms with Gasteiger partial charge in [0.15, 0.2) is 0 Å². The van der Waals surface area contributed by atoms with Crippen molar-refractivity contribution >= 4 is 0 Å². The van der Waals surface area contributed by atoms with E-state index in [-0.39, 0.29) is 58.2 Å². The fourth-order valence-electron chi connectivity index (χ4n) is 0.704. The van der Waals surface area contributed by atoms with Crippen LogP contribution in [0.3, 0.4) is 0 Å². The van der Waals surface area contributed by atoms with Crippen molar-refractivity contribution in [2.24, 2.45) is 0 Å². The molecular formula is C6H9ORb. The SMILES string of the molecule is O[C-]1C=CCCC1.[Rb+]. The molecule has 0 saturated heterocycles. The third-order valence-electron chi connectivity index (χ3n) is 1.11. The molecular weight excluding hydrogens is 174 g/mol.